The molecule has 7 nitrogen and oxygen atoms in total. The summed E-state index contributed by atoms with van der Waals surface area (Å²) < 4.78 is 1.49. The third-order valence-electron chi connectivity index (χ3n) is 2.70. The molecule has 1 amide bonds. The van der Waals surface area contributed by atoms with Gasteiger partial charge in [0, 0.05) is 7.05 Å². The molecule has 1 N–H and O–H groups in total. The van der Waals surface area contributed by atoms with Gasteiger partial charge < -0.3 is 5.32 Å². The molecule has 0 aliphatic heterocycles. The molecule has 1 unspecified atom stereocenters. The van der Waals surface area contributed by atoms with E-state index in [2.05, 4.69) is 26.9 Å². The van der Waals surface area contributed by atoms with E-state index in [4.69, 9.17) is 5.26 Å². The quantitative estimate of drug-likeness (QED) is 0.774. The van der Waals surface area contributed by atoms with Crippen LogP contribution in [0, 0.1) is 17.2 Å². The summed E-state index contributed by atoms with van der Waals surface area (Å²) in [6.07, 6.45) is 0. The lowest BCUT2D eigenvalue weighted by molar-refractivity contribution is -0.120. The molecule has 0 bridgehead atoms. The van der Waals surface area contributed by atoms with Gasteiger partial charge >= 0.3 is 0 Å². The Bertz CT molecular complexity index is 465. The van der Waals surface area contributed by atoms with Crippen molar-refractivity contribution in [3.63, 3.8) is 0 Å². The summed E-state index contributed by atoms with van der Waals surface area (Å²) in [7, 11) is 1.70. The first-order valence-corrected chi connectivity index (χ1v) is 6.45. The fraction of sp³-hybridized carbons (Fsp3) is 0.700. The van der Waals surface area contributed by atoms with E-state index in [1.807, 2.05) is 13.8 Å². The van der Waals surface area contributed by atoms with E-state index in [0.29, 0.717) is 5.16 Å². The summed E-state index contributed by atoms with van der Waals surface area (Å²) in [5.74, 6) is 0.00627. The average molecular weight is 268 g/mol. The maximum atomic E-state index is 11.8. The highest BCUT2D eigenvalue weighted by atomic mass is 32.2. The minimum Gasteiger partial charge on any atom is -0.337 e. The predicted molar refractivity (Wildman–Crippen MR) is 66.5 cm³/mol. The molecule has 8 heteroatoms. The zero-order valence-corrected chi connectivity index (χ0v) is 11.7. The van der Waals surface area contributed by atoms with Crippen molar-refractivity contribution in [2.45, 2.75) is 31.5 Å². The van der Waals surface area contributed by atoms with Crippen LogP contribution in [0.1, 0.15) is 20.8 Å². The first-order chi connectivity index (χ1) is 8.39. The summed E-state index contributed by atoms with van der Waals surface area (Å²) in [6, 6.07) is 2.13. The summed E-state index contributed by atoms with van der Waals surface area (Å²) >= 11 is 1.23. The smallest absolute Gasteiger partial charge is 0.231 e. The van der Waals surface area contributed by atoms with E-state index in [9.17, 15) is 4.79 Å². The molecule has 0 spiro atoms. The second kappa shape index (κ2) is 5.82. The number of carbonyl (C=O) groups excluding carboxylic acids is 1. The number of carbonyl (C=O) groups is 1. The molecule has 0 radical (unpaired) electrons. The van der Waals surface area contributed by atoms with Gasteiger partial charge in [-0.25, -0.2) is 4.68 Å². The molecule has 1 aromatic heterocycles. The molecule has 1 rings (SSSR count). The number of tetrazole rings is 1. The number of hydrogen-bond acceptors (Lipinski definition) is 6. The van der Waals surface area contributed by atoms with E-state index in [0.717, 1.165) is 0 Å². The van der Waals surface area contributed by atoms with Crippen LogP contribution in [0.2, 0.25) is 0 Å². The molecule has 0 saturated carbocycles. The molecule has 0 saturated heterocycles. The van der Waals surface area contributed by atoms with Gasteiger partial charge in [0.05, 0.1) is 11.8 Å². The number of aryl methyl sites for hydroxylation is 1. The van der Waals surface area contributed by atoms with E-state index in [1.165, 1.54) is 16.4 Å². The number of rotatable bonds is 5. The zero-order valence-electron chi connectivity index (χ0n) is 10.8. The number of hydrogen-bond donors (Lipinski definition) is 1. The molecule has 0 aliphatic carbocycles. The number of nitrogens with zero attached hydrogens (tertiary/aromatic N) is 5. The SMILES string of the molecule is CC(C)C(C)(C#N)NC(=O)CSc1nnnn1C. The lowest BCUT2D eigenvalue weighted by atomic mass is 9.90. The third kappa shape index (κ3) is 3.43. The second-order valence-corrected chi connectivity index (χ2v) is 5.33. The van der Waals surface area contributed by atoms with Gasteiger partial charge in [-0.3, -0.25) is 4.79 Å². The van der Waals surface area contributed by atoms with Gasteiger partial charge in [-0.2, -0.15) is 5.26 Å². The van der Waals surface area contributed by atoms with Crippen LogP contribution in [0.15, 0.2) is 5.16 Å². The van der Waals surface area contributed by atoms with Crippen molar-refractivity contribution in [3.05, 3.63) is 0 Å². The number of aromatic nitrogens is 4. The van der Waals surface area contributed by atoms with Crippen molar-refractivity contribution in [2.24, 2.45) is 13.0 Å². The lowest BCUT2D eigenvalue weighted by Gasteiger charge is -2.27. The summed E-state index contributed by atoms with van der Waals surface area (Å²) in [5, 5.41) is 23.3. The largest absolute Gasteiger partial charge is 0.337 e. The highest BCUT2D eigenvalue weighted by molar-refractivity contribution is 7.99. The minimum absolute atomic E-state index is 0.0351. The van der Waals surface area contributed by atoms with Crippen LogP contribution in [-0.4, -0.2) is 37.4 Å². The number of amides is 1. The lowest BCUT2D eigenvalue weighted by Crippen LogP contribution is -2.49. The Morgan fingerprint density at radius 1 is 1.67 bits per heavy atom. The maximum Gasteiger partial charge on any atom is 0.231 e. The summed E-state index contributed by atoms with van der Waals surface area (Å²) in [4.78, 5) is 11.8. The van der Waals surface area contributed by atoms with E-state index < -0.39 is 5.54 Å². The van der Waals surface area contributed by atoms with Crippen LogP contribution in [0.4, 0.5) is 0 Å². The van der Waals surface area contributed by atoms with Crippen molar-refractivity contribution < 1.29 is 4.79 Å². The fourth-order valence-electron chi connectivity index (χ4n) is 1.10. The van der Waals surface area contributed by atoms with Gasteiger partial charge in [0.2, 0.25) is 11.1 Å². The molecule has 1 aromatic rings. The molecule has 0 aromatic carbocycles. The summed E-state index contributed by atoms with van der Waals surface area (Å²) in [6.45, 7) is 5.50. The predicted octanol–water partition coefficient (Wildman–Crippen LogP) is 0.357. The van der Waals surface area contributed by atoms with Gasteiger partial charge in [-0.1, -0.05) is 25.6 Å². The Morgan fingerprint density at radius 3 is 2.78 bits per heavy atom. The van der Waals surface area contributed by atoms with Gasteiger partial charge in [0.1, 0.15) is 5.54 Å². The first-order valence-electron chi connectivity index (χ1n) is 5.46. The summed E-state index contributed by atoms with van der Waals surface area (Å²) in [5.41, 5.74) is -0.851. The molecule has 1 atom stereocenters. The van der Waals surface area contributed by atoms with Crippen LogP contribution < -0.4 is 5.32 Å². The molecule has 0 fully saturated rings. The first kappa shape index (κ1) is 14.4. The minimum atomic E-state index is -0.851. The Labute approximate surface area is 110 Å². The van der Waals surface area contributed by atoms with E-state index in [1.54, 1.807) is 14.0 Å². The van der Waals surface area contributed by atoms with Gasteiger partial charge in [0.15, 0.2) is 0 Å². The topological polar surface area (TPSA) is 96.5 Å². The van der Waals surface area contributed by atoms with Crippen molar-refractivity contribution in [1.29, 1.82) is 5.26 Å². The van der Waals surface area contributed by atoms with Crippen molar-refractivity contribution in [3.8, 4) is 6.07 Å². The van der Waals surface area contributed by atoms with Crippen LogP contribution in [0.5, 0.6) is 0 Å². The van der Waals surface area contributed by atoms with Crippen LogP contribution in [0.25, 0.3) is 0 Å². The second-order valence-electron chi connectivity index (χ2n) is 4.39. The highest BCUT2D eigenvalue weighted by Crippen LogP contribution is 2.17. The third-order valence-corrected chi connectivity index (χ3v) is 3.71. The highest BCUT2D eigenvalue weighted by Gasteiger charge is 2.29. The fourth-order valence-corrected chi connectivity index (χ4v) is 1.75. The maximum absolute atomic E-state index is 11.8. The van der Waals surface area contributed by atoms with E-state index >= 15 is 0 Å². The van der Waals surface area contributed by atoms with E-state index in [-0.39, 0.29) is 17.6 Å². The van der Waals surface area contributed by atoms with Crippen molar-refractivity contribution >= 4 is 17.7 Å². The van der Waals surface area contributed by atoms with Gasteiger partial charge in [0.25, 0.3) is 0 Å². The Balaban J connectivity index is 2.53. The van der Waals surface area contributed by atoms with Crippen LogP contribution >= 0.6 is 11.8 Å². The standard InChI is InChI=1S/C10H16N6OS/c1-7(2)10(3,6-11)12-8(17)5-18-9-13-14-15-16(9)4/h7H,5H2,1-4H3,(H,12,17). The van der Waals surface area contributed by atoms with Crippen LogP contribution in [-0.2, 0) is 11.8 Å². The van der Waals surface area contributed by atoms with Crippen molar-refractivity contribution in [2.75, 3.05) is 5.75 Å². The zero-order chi connectivity index (χ0) is 13.8. The van der Waals surface area contributed by atoms with Gasteiger partial charge in [-0.05, 0) is 23.3 Å². The number of nitrogens with one attached hydrogen (secondary N) is 1. The Hall–Kier alpha value is -1.62. The molecular formula is C10H16N6OS. The number of thioether (sulfide) groups is 1. The Morgan fingerprint density at radius 2 is 2.33 bits per heavy atom. The van der Waals surface area contributed by atoms with Crippen LogP contribution in [0.3, 0.4) is 0 Å². The molecule has 0 aliphatic rings. The molecular weight excluding hydrogens is 252 g/mol. The molecule has 1 heterocycles. The Kier molecular flexibility index (Phi) is 4.67. The van der Waals surface area contributed by atoms with Crippen molar-refractivity contribution in [1.82, 2.24) is 25.5 Å². The monoisotopic (exact) mass is 268 g/mol. The molecule has 18 heavy (non-hydrogen) atoms. The average Bonchev–Trinajstić information content (AvgIpc) is 2.72. The molecule has 98 valence electrons. The van der Waals surface area contributed by atoms with Gasteiger partial charge in [-0.15, -0.1) is 5.10 Å². The number of nitriles is 1. The normalized spacial score (nSPS) is 14.0.